The van der Waals surface area contributed by atoms with Gasteiger partial charge >= 0.3 is 5.63 Å². The molecule has 1 unspecified atom stereocenters. The molecular formula is C32H18Cl2FN3O4. The Balaban J connectivity index is 1.51. The zero-order chi connectivity index (χ0) is 29.5. The molecule has 1 atom stereocenters. The number of aromatic nitrogens is 1. The Labute approximate surface area is 248 Å². The van der Waals surface area contributed by atoms with Crippen molar-refractivity contribution in [2.75, 3.05) is 0 Å². The maximum Gasteiger partial charge on any atom is 0.344 e. The molecule has 1 N–H and O–H groups in total. The number of hydrogen-bond acceptors (Lipinski definition) is 6. The molecule has 2 aromatic heterocycles. The molecule has 0 radical (unpaired) electrons. The molecule has 42 heavy (non-hydrogen) atoms. The lowest BCUT2D eigenvalue weighted by Gasteiger charge is -2.28. The Bertz CT molecular complexity index is 2050. The fourth-order valence-electron chi connectivity index (χ4n) is 4.89. The highest BCUT2D eigenvalue weighted by Crippen LogP contribution is 2.44. The van der Waals surface area contributed by atoms with Gasteiger partial charge in [0.15, 0.2) is 5.75 Å². The Morgan fingerprint density at radius 2 is 1.81 bits per heavy atom. The van der Waals surface area contributed by atoms with Gasteiger partial charge in [0.2, 0.25) is 11.8 Å². The molecule has 0 spiro atoms. The van der Waals surface area contributed by atoms with Gasteiger partial charge in [-0.2, -0.15) is 9.65 Å². The molecule has 6 rings (SSSR count). The van der Waals surface area contributed by atoms with E-state index < -0.39 is 23.4 Å². The average Bonchev–Trinajstić information content (AvgIpc) is 2.99. The Morgan fingerprint density at radius 3 is 2.55 bits per heavy atom. The van der Waals surface area contributed by atoms with Crippen molar-refractivity contribution in [1.29, 1.82) is 5.26 Å². The predicted molar refractivity (Wildman–Crippen MR) is 156 cm³/mol. The van der Waals surface area contributed by atoms with Crippen LogP contribution >= 0.6 is 23.2 Å². The number of nitrogens with one attached hydrogen (secondary N) is 1. The van der Waals surface area contributed by atoms with E-state index in [0.29, 0.717) is 27.1 Å². The molecule has 1 aliphatic rings. The number of fused-ring (bicyclic) bond motifs is 3. The van der Waals surface area contributed by atoms with E-state index in [1.807, 2.05) is 0 Å². The highest BCUT2D eigenvalue weighted by molar-refractivity contribution is 6.35. The van der Waals surface area contributed by atoms with Gasteiger partial charge in [-0.15, -0.1) is 0 Å². The highest BCUT2D eigenvalue weighted by atomic mass is 35.5. The van der Waals surface area contributed by atoms with E-state index in [9.17, 15) is 19.2 Å². The minimum atomic E-state index is -0.952. The summed E-state index contributed by atoms with van der Waals surface area (Å²) in [7, 11) is 0. The third-order valence-corrected chi connectivity index (χ3v) is 7.50. The van der Waals surface area contributed by atoms with Crippen LogP contribution in [0.15, 0.2) is 99.7 Å². The smallest absolute Gasteiger partial charge is 0.344 e. The first-order chi connectivity index (χ1) is 20.2. The molecule has 1 amide bonds. The first kappa shape index (κ1) is 27.2. The summed E-state index contributed by atoms with van der Waals surface area (Å²) in [5, 5.41) is 13.9. The minimum Gasteiger partial charge on any atom is -0.438 e. The van der Waals surface area contributed by atoms with Crippen LogP contribution in [0.5, 0.6) is 5.75 Å². The number of rotatable bonds is 4. The van der Waals surface area contributed by atoms with Gasteiger partial charge in [-0.1, -0.05) is 59.6 Å². The van der Waals surface area contributed by atoms with E-state index in [2.05, 4.69) is 16.4 Å². The molecule has 1 aliphatic heterocycles. The first-order valence-electron chi connectivity index (χ1n) is 12.6. The number of ether oxygens (including phenoxy) is 1. The van der Waals surface area contributed by atoms with Crippen molar-refractivity contribution < 1.29 is 18.3 Å². The van der Waals surface area contributed by atoms with Crippen molar-refractivity contribution in [1.82, 2.24) is 10.3 Å². The monoisotopic (exact) mass is 597 g/mol. The number of hydrogen-bond donors (Lipinski definition) is 1. The van der Waals surface area contributed by atoms with Crippen molar-refractivity contribution in [3.63, 3.8) is 0 Å². The lowest BCUT2D eigenvalue weighted by atomic mass is 9.83. The van der Waals surface area contributed by atoms with Crippen LogP contribution in [-0.2, 0) is 0 Å². The highest BCUT2D eigenvalue weighted by Gasteiger charge is 2.37. The van der Waals surface area contributed by atoms with Gasteiger partial charge in [0.25, 0.3) is 5.91 Å². The molecular weight excluding hydrogens is 580 g/mol. The van der Waals surface area contributed by atoms with Gasteiger partial charge in [-0.25, -0.2) is 9.78 Å². The summed E-state index contributed by atoms with van der Waals surface area (Å²) in [6.07, 6.45) is 1.43. The van der Waals surface area contributed by atoms with Gasteiger partial charge in [0, 0.05) is 22.3 Å². The van der Waals surface area contributed by atoms with Crippen molar-refractivity contribution in [3.8, 4) is 22.9 Å². The molecule has 5 aromatic rings. The van der Waals surface area contributed by atoms with Crippen LogP contribution in [0.3, 0.4) is 0 Å². The summed E-state index contributed by atoms with van der Waals surface area (Å²) in [5.41, 5.74) is 2.14. The standard InChI is InChI=1S/C32H18Cl2FN3O4/c1-16-12-19(15-37-29(16)35)17-6-8-18(9-7-17)26-23(14-36)31(38-30(39)22-13-20(33)10-11-24(22)34)42-28-21-4-2-3-5-25(21)41-32(40)27(26)28/h2-13,15,26H,1H3,(H,38,39). The van der Waals surface area contributed by atoms with Gasteiger partial charge in [-0.05, 0) is 54.4 Å². The SMILES string of the molecule is Cc1cc(-c2ccc(C3C(C#N)=C(NC(=O)c4cc(Cl)ccc4Cl)Oc4c3c(=O)oc3ccccc43)cc2)cnc1F. The van der Waals surface area contributed by atoms with E-state index in [0.717, 1.165) is 5.56 Å². The third-order valence-electron chi connectivity index (χ3n) is 6.94. The summed E-state index contributed by atoms with van der Waals surface area (Å²) in [6, 6.07) is 22.1. The second-order valence-corrected chi connectivity index (χ2v) is 10.4. The topological polar surface area (TPSA) is 105 Å². The summed E-state index contributed by atoms with van der Waals surface area (Å²) in [5.74, 6) is -2.17. The molecule has 0 bridgehead atoms. The number of pyridine rings is 1. The molecule has 0 saturated heterocycles. The summed E-state index contributed by atoms with van der Waals surface area (Å²) >= 11 is 12.3. The quantitative estimate of drug-likeness (QED) is 0.172. The zero-order valence-corrected chi connectivity index (χ0v) is 23.3. The Morgan fingerprint density at radius 1 is 1.05 bits per heavy atom. The van der Waals surface area contributed by atoms with Crippen LogP contribution in [-0.4, -0.2) is 10.9 Å². The molecule has 0 saturated carbocycles. The molecule has 3 aromatic carbocycles. The second kappa shape index (κ2) is 10.8. The summed E-state index contributed by atoms with van der Waals surface area (Å²) in [4.78, 5) is 30.5. The van der Waals surface area contributed by atoms with Gasteiger partial charge in [-0.3, -0.25) is 10.1 Å². The number of nitrogens with zero attached hydrogens (tertiary/aromatic N) is 2. The first-order valence-corrected chi connectivity index (χ1v) is 13.4. The maximum atomic E-state index is 13.7. The summed E-state index contributed by atoms with van der Waals surface area (Å²) < 4.78 is 25.4. The second-order valence-electron chi connectivity index (χ2n) is 9.55. The minimum absolute atomic E-state index is 0.0244. The average molecular weight is 598 g/mol. The van der Waals surface area contributed by atoms with Crippen LogP contribution in [0, 0.1) is 24.2 Å². The number of allylic oxidation sites excluding steroid dienone is 1. The van der Waals surface area contributed by atoms with Gasteiger partial charge in [0.05, 0.1) is 27.5 Å². The van der Waals surface area contributed by atoms with Crippen molar-refractivity contribution in [2.45, 2.75) is 12.8 Å². The van der Waals surface area contributed by atoms with E-state index in [-0.39, 0.29) is 38.9 Å². The number of amides is 1. The van der Waals surface area contributed by atoms with Crippen molar-refractivity contribution in [2.24, 2.45) is 0 Å². The molecule has 206 valence electrons. The number of halogens is 3. The number of carbonyl (C=O) groups excluding carboxylic acids is 1. The van der Waals surface area contributed by atoms with E-state index in [1.54, 1.807) is 67.6 Å². The largest absolute Gasteiger partial charge is 0.438 e. The fraction of sp³-hybridized carbons (Fsp3) is 0.0625. The zero-order valence-electron chi connectivity index (χ0n) is 21.7. The number of benzene rings is 3. The van der Waals surface area contributed by atoms with Crippen LogP contribution in [0.25, 0.3) is 22.1 Å². The van der Waals surface area contributed by atoms with E-state index >= 15 is 0 Å². The molecule has 10 heteroatoms. The van der Waals surface area contributed by atoms with Crippen molar-refractivity contribution >= 4 is 40.1 Å². The van der Waals surface area contributed by atoms with Gasteiger partial charge < -0.3 is 9.15 Å². The Kier molecular flexibility index (Phi) is 6.99. The van der Waals surface area contributed by atoms with E-state index in [4.69, 9.17) is 32.4 Å². The van der Waals surface area contributed by atoms with Crippen LogP contribution in [0.4, 0.5) is 4.39 Å². The van der Waals surface area contributed by atoms with Crippen molar-refractivity contribution in [3.05, 3.63) is 139 Å². The van der Waals surface area contributed by atoms with Crippen LogP contribution < -0.4 is 15.7 Å². The normalized spacial score (nSPS) is 14.2. The molecule has 7 nitrogen and oxygen atoms in total. The van der Waals surface area contributed by atoms with E-state index in [1.165, 1.54) is 18.3 Å². The predicted octanol–water partition coefficient (Wildman–Crippen LogP) is 7.30. The van der Waals surface area contributed by atoms with Crippen LogP contribution in [0.2, 0.25) is 10.0 Å². The molecule has 0 aliphatic carbocycles. The third kappa shape index (κ3) is 4.79. The number of carbonyl (C=O) groups is 1. The number of aryl methyl sites for hydroxylation is 1. The molecule has 0 fully saturated rings. The number of para-hydroxylation sites is 1. The lowest BCUT2D eigenvalue weighted by Crippen LogP contribution is -2.33. The summed E-state index contributed by atoms with van der Waals surface area (Å²) in [6.45, 7) is 1.62. The lowest BCUT2D eigenvalue weighted by molar-refractivity contribution is 0.0948. The molecule has 3 heterocycles. The number of nitriles is 1. The van der Waals surface area contributed by atoms with Gasteiger partial charge in [0.1, 0.15) is 17.2 Å². The Hall–Kier alpha value is -4.97. The maximum absolute atomic E-state index is 13.7. The van der Waals surface area contributed by atoms with Crippen LogP contribution in [0.1, 0.15) is 33.0 Å². The fourth-order valence-corrected chi connectivity index (χ4v) is 5.27.